The Balaban J connectivity index is 0.00000220. The quantitative estimate of drug-likeness (QED) is 0.845. The van der Waals surface area contributed by atoms with E-state index in [0.717, 1.165) is 22.9 Å². The van der Waals surface area contributed by atoms with Crippen molar-refractivity contribution in [3.05, 3.63) is 34.3 Å². The summed E-state index contributed by atoms with van der Waals surface area (Å²) < 4.78 is 0.985. The topological polar surface area (TPSA) is 55.1 Å². The average Bonchev–Trinajstić information content (AvgIpc) is 2.39. The van der Waals surface area contributed by atoms with Crippen molar-refractivity contribution in [2.24, 2.45) is 11.7 Å². The molecule has 1 aliphatic carbocycles. The van der Waals surface area contributed by atoms with Gasteiger partial charge in [0.2, 0.25) is 5.91 Å². The monoisotopic (exact) mass is 374 g/mol. The number of carbonyl (C=O) groups excluding carboxylic acids is 1. The fraction of sp³-hybridized carbons (Fsp3) is 0.562. The lowest BCUT2D eigenvalue weighted by Crippen LogP contribution is -2.52. The van der Waals surface area contributed by atoms with Gasteiger partial charge in [-0.25, -0.2) is 0 Å². The predicted octanol–water partition coefficient (Wildman–Crippen LogP) is 3.74. The van der Waals surface area contributed by atoms with Gasteiger partial charge in [-0.2, -0.15) is 0 Å². The summed E-state index contributed by atoms with van der Waals surface area (Å²) in [5.41, 5.74) is 6.11. The smallest absolute Gasteiger partial charge is 0.244 e. The minimum absolute atomic E-state index is 0. The zero-order valence-corrected chi connectivity index (χ0v) is 15.0. The second-order valence-corrected chi connectivity index (χ2v) is 7.07. The van der Waals surface area contributed by atoms with Crippen LogP contribution in [-0.2, 0) is 10.3 Å². The van der Waals surface area contributed by atoms with Crippen LogP contribution >= 0.6 is 28.3 Å². The summed E-state index contributed by atoms with van der Waals surface area (Å²) in [4.78, 5) is 12.5. The van der Waals surface area contributed by atoms with Crippen molar-refractivity contribution in [3.63, 3.8) is 0 Å². The molecular weight excluding hydrogens is 352 g/mol. The van der Waals surface area contributed by atoms with Gasteiger partial charge in [0, 0.05) is 10.5 Å². The predicted molar refractivity (Wildman–Crippen MR) is 92.5 cm³/mol. The molecule has 0 radical (unpaired) electrons. The van der Waals surface area contributed by atoms with Crippen LogP contribution < -0.4 is 11.1 Å². The van der Waals surface area contributed by atoms with Crippen LogP contribution in [-0.4, -0.2) is 11.9 Å². The highest BCUT2D eigenvalue weighted by atomic mass is 79.9. The van der Waals surface area contributed by atoms with Crippen LogP contribution in [0.1, 0.15) is 45.1 Å². The molecule has 0 saturated heterocycles. The van der Waals surface area contributed by atoms with Gasteiger partial charge < -0.3 is 11.1 Å². The van der Waals surface area contributed by atoms with Crippen LogP contribution in [0.3, 0.4) is 0 Å². The zero-order chi connectivity index (χ0) is 14.8. The van der Waals surface area contributed by atoms with Gasteiger partial charge in [0.15, 0.2) is 0 Å². The Morgan fingerprint density at radius 3 is 2.52 bits per heavy atom. The summed E-state index contributed by atoms with van der Waals surface area (Å²) in [5, 5.41) is 3.13. The van der Waals surface area contributed by atoms with E-state index >= 15 is 0 Å². The molecule has 0 spiro atoms. The number of benzene rings is 1. The van der Waals surface area contributed by atoms with E-state index < -0.39 is 5.54 Å². The standard InChI is InChI=1S/C16H23BrN2O.ClH/c1-11-4-3-5-14(10-11)19-15(20)16(2,18)12-6-8-13(17)9-7-12;/h6-9,11,14H,3-5,10,18H2,1-2H3,(H,19,20);1H. The minimum Gasteiger partial charge on any atom is -0.351 e. The van der Waals surface area contributed by atoms with Crippen molar-refractivity contribution < 1.29 is 4.79 Å². The van der Waals surface area contributed by atoms with Crippen molar-refractivity contribution in [3.8, 4) is 0 Å². The highest BCUT2D eigenvalue weighted by molar-refractivity contribution is 9.10. The first-order valence-electron chi connectivity index (χ1n) is 7.25. The highest BCUT2D eigenvalue weighted by Crippen LogP contribution is 2.25. The Morgan fingerprint density at radius 2 is 1.95 bits per heavy atom. The van der Waals surface area contributed by atoms with E-state index in [0.29, 0.717) is 5.92 Å². The highest BCUT2D eigenvalue weighted by Gasteiger charge is 2.32. The van der Waals surface area contributed by atoms with Gasteiger partial charge in [0.25, 0.3) is 0 Å². The van der Waals surface area contributed by atoms with Crippen LogP contribution in [0.15, 0.2) is 28.7 Å². The Bertz CT molecular complexity index is 476. The van der Waals surface area contributed by atoms with E-state index in [1.54, 1.807) is 6.92 Å². The molecule has 0 bridgehead atoms. The molecule has 0 aliphatic heterocycles. The molecule has 3 unspecified atom stereocenters. The summed E-state index contributed by atoms with van der Waals surface area (Å²) in [6.07, 6.45) is 4.57. The molecule has 1 fully saturated rings. The summed E-state index contributed by atoms with van der Waals surface area (Å²) in [5.74, 6) is 0.602. The van der Waals surface area contributed by atoms with Crippen LogP contribution in [0.4, 0.5) is 0 Å². The van der Waals surface area contributed by atoms with E-state index in [-0.39, 0.29) is 24.4 Å². The lowest BCUT2D eigenvalue weighted by atomic mass is 9.86. The normalized spacial score (nSPS) is 24.6. The molecule has 5 heteroatoms. The summed E-state index contributed by atoms with van der Waals surface area (Å²) in [7, 11) is 0. The number of halogens is 2. The molecule has 0 aromatic heterocycles. The Labute approximate surface area is 141 Å². The van der Waals surface area contributed by atoms with Crippen molar-refractivity contribution in [1.82, 2.24) is 5.32 Å². The number of amides is 1. The maximum atomic E-state index is 12.5. The molecule has 2 rings (SSSR count). The Morgan fingerprint density at radius 1 is 1.33 bits per heavy atom. The molecule has 3 N–H and O–H groups in total. The third-order valence-electron chi connectivity index (χ3n) is 4.19. The number of hydrogen-bond donors (Lipinski definition) is 2. The summed E-state index contributed by atoms with van der Waals surface area (Å²) >= 11 is 3.39. The van der Waals surface area contributed by atoms with Crippen LogP contribution in [0.5, 0.6) is 0 Å². The molecular formula is C16H24BrClN2O. The number of carbonyl (C=O) groups is 1. The molecule has 1 aromatic carbocycles. The maximum absolute atomic E-state index is 12.5. The summed E-state index contributed by atoms with van der Waals surface area (Å²) in [6, 6.07) is 7.89. The third kappa shape index (κ3) is 4.70. The SMILES string of the molecule is CC1CCCC(NC(=O)C(C)(N)c2ccc(Br)cc2)C1.Cl. The van der Waals surface area contributed by atoms with Crippen molar-refractivity contribution in [2.75, 3.05) is 0 Å². The lowest BCUT2D eigenvalue weighted by molar-refractivity contribution is -0.127. The van der Waals surface area contributed by atoms with Gasteiger partial charge in [-0.15, -0.1) is 12.4 Å². The number of hydrogen-bond acceptors (Lipinski definition) is 2. The molecule has 118 valence electrons. The Hall–Kier alpha value is -0.580. The molecule has 3 atom stereocenters. The average molecular weight is 376 g/mol. The zero-order valence-electron chi connectivity index (χ0n) is 12.6. The molecule has 1 aliphatic rings. The molecule has 1 amide bonds. The van der Waals surface area contributed by atoms with Crippen LogP contribution in [0, 0.1) is 5.92 Å². The first-order valence-corrected chi connectivity index (χ1v) is 8.05. The lowest BCUT2D eigenvalue weighted by Gasteiger charge is -2.31. The minimum atomic E-state index is -0.985. The Kier molecular flexibility index (Phi) is 6.70. The fourth-order valence-electron chi connectivity index (χ4n) is 2.83. The van der Waals surface area contributed by atoms with Gasteiger partial charge in [0.05, 0.1) is 0 Å². The number of nitrogens with one attached hydrogen (secondary N) is 1. The van der Waals surface area contributed by atoms with Crippen LogP contribution in [0.2, 0.25) is 0 Å². The van der Waals surface area contributed by atoms with E-state index in [2.05, 4.69) is 28.2 Å². The first kappa shape index (κ1) is 18.5. The van der Waals surface area contributed by atoms with Crippen molar-refractivity contribution >= 4 is 34.2 Å². The van der Waals surface area contributed by atoms with Gasteiger partial charge >= 0.3 is 0 Å². The molecule has 3 nitrogen and oxygen atoms in total. The maximum Gasteiger partial charge on any atom is 0.244 e. The van der Waals surface area contributed by atoms with Gasteiger partial charge in [-0.1, -0.05) is 47.8 Å². The first-order chi connectivity index (χ1) is 9.39. The second-order valence-electron chi connectivity index (χ2n) is 6.15. The molecule has 1 aromatic rings. The van der Waals surface area contributed by atoms with Gasteiger partial charge in [-0.05, 0) is 43.4 Å². The van der Waals surface area contributed by atoms with Crippen molar-refractivity contribution in [2.45, 2.75) is 51.1 Å². The molecule has 21 heavy (non-hydrogen) atoms. The largest absolute Gasteiger partial charge is 0.351 e. The summed E-state index contributed by atoms with van der Waals surface area (Å²) in [6.45, 7) is 4.02. The van der Waals surface area contributed by atoms with Crippen molar-refractivity contribution in [1.29, 1.82) is 0 Å². The van der Waals surface area contributed by atoms with E-state index in [1.165, 1.54) is 12.8 Å². The van der Waals surface area contributed by atoms with E-state index in [9.17, 15) is 4.79 Å². The van der Waals surface area contributed by atoms with Crippen LogP contribution in [0.25, 0.3) is 0 Å². The molecule has 1 saturated carbocycles. The van der Waals surface area contributed by atoms with Gasteiger partial charge in [-0.3, -0.25) is 4.79 Å². The number of rotatable bonds is 3. The third-order valence-corrected chi connectivity index (χ3v) is 4.72. The molecule has 0 heterocycles. The van der Waals surface area contributed by atoms with E-state index in [4.69, 9.17) is 5.73 Å². The van der Waals surface area contributed by atoms with E-state index in [1.807, 2.05) is 24.3 Å². The van der Waals surface area contributed by atoms with Gasteiger partial charge in [0.1, 0.15) is 5.54 Å². The fourth-order valence-corrected chi connectivity index (χ4v) is 3.09. The second kappa shape index (κ2) is 7.61. The number of nitrogens with two attached hydrogens (primary N) is 1.